The Labute approximate surface area is 132 Å². The van der Waals surface area contributed by atoms with Crippen molar-refractivity contribution in [2.24, 2.45) is 0 Å². The van der Waals surface area contributed by atoms with Crippen molar-refractivity contribution in [1.82, 2.24) is 0 Å². The molecule has 0 aliphatic carbocycles. The van der Waals surface area contributed by atoms with Gasteiger partial charge in [-0.3, -0.25) is 4.31 Å². The second-order valence-corrected chi connectivity index (χ2v) is 8.52. The molecule has 0 fully saturated rings. The highest BCUT2D eigenvalue weighted by molar-refractivity contribution is 7.94. The lowest BCUT2D eigenvalue weighted by Gasteiger charge is -2.18. The number of rotatable bonds is 3. The van der Waals surface area contributed by atoms with Crippen LogP contribution < -0.4 is 4.31 Å². The predicted octanol–water partition coefficient (Wildman–Crippen LogP) is 3.07. The fourth-order valence-electron chi connectivity index (χ4n) is 2.71. The van der Waals surface area contributed by atoms with Crippen LogP contribution >= 0.6 is 11.3 Å². The molecular formula is C15H15NO4S2. The van der Waals surface area contributed by atoms with E-state index in [0.29, 0.717) is 17.8 Å². The van der Waals surface area contributed by atoms with Crippen molar-refractivity contribution in [3.63, 3.8) is 0 Å². The van der Waals surface area contributed by atoms with Crippen molar-refractivity contribution in [3.05, 3.63) is 46.3 Å². The van der Waals surface area contributed by atoms with Crippen molar-refractivity contribution in [2.75, 3.05) is 10.8 Å². The molecule has 1 aromatic heterocycles. The van der Waals surface area contributed by atoms with E-state index in [-0.39, 0.29) is 15.0 Å². The first kappa shape index (κ1) is 15.1. The maximum absolute atomic E-state index is 12.9. The van der Waals surface area contributed by atoms with Gasteiger partial charge in [0.25, 0.3) is 10.0 Å². The van der Waals surface area contributed by atoms with E-state index in [2.05, 4.69) is 0 Å². The molecule has 3 rings (SSSR count). The average Bonchev–Trinajstić information content (AvgIpc) is 3.01. The second kappa shape index (κ2) is 5.10. The quantitative estimate of drug-likeness (QED) is 0.934. The lowest BCUT2D eigenvalue weighted by atomic mass is 10.0. The Morgan fingerprint density at radius 2 is 2.05 bits per heavy atom. The summed E-state index contributed by atoms with van der Waals surface area (Å²) in [6.07, 6.45) is 0. The Morgan fingerprint density at radius 3 is 2.68 bits per heavy atom. The zero-order valence-electron chi connectivity index (χ0n) is 12.1. The molecule has 1 N–H and O–H groups in total. The van der Waals surface area contributed by atoms with Gasteiger partial charge in [-0.15, -0.1) is 11.3 Å². The van der Waals surface area contributed by atoms with Crippen molar-refractivity contribution >= 4 is 33.0 Å². The van der Waals surface area contributed by atoms with E-state index in [1.807, 2.05) is 25.1 Å². The van der Waals surface area contributed by atoms with Crippen LogP contribution in [0.15, 0.2) is 34.5 Å². The summed E-state index contributed by atoms with van der Waals surface area (Å²) in [5, 5.41) is 9.11. The van der Waals surface area contributed by atoms with Gasteiger partial charge in [0, 0.05) is 12.5 Å². The molecule has 0 saturated carbocycles. The summed E-state index contributed by atoms with van der Waals surface area (Å²) < 4.78 is 27.2. The third-order valence-corrected chi connectivity index (χ3v) is 7.26. The molecule has 1 atom stereocenters. The Balaban J connectivity index is 2.09. The van der Waals surface area contributed by atoms with Crippen LogP contribution in [0.5, 0.6) is 0 Å². The summed E-state index contributed by atoms with van der Waals surface area (Å²) in [7, 11) is -3.73. The van der Waals surface area contributed by atoms with Gasteiger partial charge in [-0.05, 0) is 30.2 Å². The number of fused-ring (bicyclic) bond motifs is 1. The number of carboxylic acid groups (broad SMARTS) is 1. The van der Waals surface area contributed by atoms with E-state index < -0.39 is 16.0 Å². The summed E-state index contributed by atoms with van der Waals surface area (Å²) in [6, 6.07) is 8.85. The molecule has 5 nitrogen and oxygen atoms in total. The van der Waals surface area contributed by atoms with E-state index >= 15 is 0 Å². The van der Waals surface area contributed by atoms with E-state index in [1.165, 1.54) is 10.4 Å². The maximum Gasteiger partial charge on any atom is 0.346 e. The van der Waals surface area contributed by atoms with E-state index in [1.54, 1.807) is 13.0 Å². The van der Waals surface area contributed by atoms with Crippen LogP contribution in [-0.2, 0) is 10.0 Å². The molecular weight excluding hydrogens is 322 g/mol. The predicted molar refractivity (Wildman–Crippen MR) is 85.4 cm³/mol. The minimum Gasteiger partial charge on any atom is -0.477 e. The van der Waals surface area contributed by atoms with Gasteiger partial charge in [-0.25, -0.2) is 13.2 Å². The monoisotopic (exact) mass is 337 g/mol. The van der Waals surface area contributed by atoms with E-state index in [4.69, 9.17) is 5.11 Å². The number of aromatic carboxylic acids is 1. The number of benzene rings is 1. The molecule has 1 aliphatic heterocycles. The molecule has 1 unspecified atom stereocenters. The van der Waals surface area contributed by atoms with Gasteiger partial charge in [-0.1, -0.05) is 25.1 Å². The number of anilines is 1. The molecule has 1 aliphatic rings. The molecule has 2 aromatic rings. The molecule has 0 saturated heterocycles. The summed E-state index contributed by atoms with van der Waals surface area (Å²) in [4.78, 5) is 11.2. The maximum atomic E-state index is 12.9. The van der Waals surface area contributed by atoms with Gasteiger partial charge in [0.15, 0.2) is 0 Å². The van der Waals surface area contributed by atoms with Crippen molar-refractivity contribution < 1.29 is 18.3 Å². The lowest BCUT2D eigenvalue weighted by Crippen LogP contribution is -2.29. The largest absolute Gasteiger partial charge is 0.477 e. The summed E-state index contributed by atoms with van der Waals surface area (Å²) in [5.74, 6) is -0.981. The molecule has 0 radical (unpaired) electrons. The molecule has 116 valence electrons. The van der Waals surface area contributed by atoms with E-state index in [9.17, 15) is 13.2 Å². The van der Waals surface area contributed by atoms with Crippen LogP contribution in [-0.4, -0.2) is 26.0 Å². The van der Waals surface area contributed by atoms with Crippen LogP contribution in [0, 0.1) is 6.92 Å². The first-order chi connectivity index (χ1) is 10.3. The summed E-state index contributed by atoms with van der Waals surface area (Å²) >= 11 is 0.808. The Hall–Kier alpha value is -1.86. The number of nitrogens with zero attached hydrogens (tertiary/aromatic N) is 1. The lowest BCUT2D eigenvalue weighted by molar-refractivity contribution is 0.0701. The van der Waals surface area contributed by atoms with Gasteiger partial charge < -0.3 is 5.11 Å². The van der Waals surface area contributed by atoms with Gasteiger partial charge >= 0.3 is 5.97 Å². The Morgan fingerprint density at radius 1 is 1.36 bits per heavy atom. The molecule has 7 heteroatoms. The first-order valence-corrected chi connectivity index (χ1v) is 9.03. The third kappa shape index (κ3) is 2.21. The highest BCUT2D eigenvalue weighted by Crippen LogP contribution is 2.40. The van der Waals surface area contributed by atoms with Crippen LogP contribution in [0.4, 0.5) is 5.69 Å². The number of carboxylic acids is 1. The number of hydrogen-bond donors (Lipinski definition) is 1. The van der Waals surface area contributed by atoms with E-state index in [0.717, 1.165) is 16.9 Å². The van der Waals surface area contributed by atoms with Gasteiger partial charge in [-0.2, -0.15) is 0 Å². The van der Waals surface area contributed by atoms with Crippen molar-refractivity contribution in [3.8, 4) is 0 Å². The minimum atomic E-state index is -3.73. The van der Waals surface area contributed by atoms with Gasteiger partial charge in [0.05, 0.1) is 5.69 Å². The molecule has 0 spiro atoms. The molecule has 0 bridgehead atoms. The first-order valence-electron chi connectivity index (χ1n) is 6.77. The highest BCUT2D eigenvalue weighted by atomic mass is 32.2. The number of aryl methyl sites for hydroxylation is 1. The third-order valence-electron chi connectivity index (χ3n) is 3.81. The second-order valence-electron chi connectivity index (χ2n) is 5.38. The Bertz CT molecular complexity index is 854. The number of hydrogen-bond acceptors (Lipinski definition) is 4. The molecule has 22 heavy (non-hydrogen) atoms. The fourth-order valence-corrected chi connectivity index (χ4v) is 5.78. The number of carbonyl (C=O) groups is 1. The average molecular weight is 337 g/mol. The molecule has 0 amide bonds. The number of sulfonamides is 1. The van der Waals surface area contributed by atoms with Crippen LogP contribution in [0.25, 0.3) is 0 Å². The van der Waals surface area contributed by atoms with Gasteiger partial charge in [0.2, 0.25) is 0 Å². The van der Waals surface area contributed by atoms with Crippen LogP contribution in [0.1, 0.15) is 33.6 Å². The molecule has 1 aromatic carbocycles. The zero-order valence-corrected chi connectivity index (χ0v) is 13.7. The smallest absolute Gasteiger partial charge is 0.346 e. The summed E-state index contributed by atoms with van der Waals surface area (Å²) in [6.45, 7) is 3.97. The van der Waals surface area contributed by atoms with Crippen molar-refractivity contribution in [2.45, 2.75) is 24.0 Å². The van der Waals surface area contributed by atoms with Crippen molar-refractivity contribution in [1.29, 1.82) is 0 Å². The zero-order chi connectivity index (χ0) is 16.1. The van der Waals surface area contributed by atoms with Crippen LogP contribution in [0.2, 0.25) is 0 Å². The topological polar surface area (TPSA) is 74.7 Å². The summed E-state index contributed by atoms with van der Waals surface area (Å²) in [5.41, 5.74) is 2.15. The number of para-hydroxylation sites is 1. The SMILES string of the molecule is Cc1cc(S(=O)(=O)N2CC(C)c3ccccc32)sc1C(=O)O. The normalized spacial score (nSPS) is 17.5. The highest BCUT2D eigenvalue weighted by Gasteiger charge is 2.35. The Kier molecular flexibility index (Phi) is 3.49. The fraction of sp³-hybridized carbons (Fsp3) is 0.267. The molecule has 2 heterocycles. The number of thiophene rings is 1. The van der Waals surface area contributed by atoms with Gasteiger partial charge in [0.1, 0.15) is 9.09 Å². The minimum absolute atomic E-state index is 0.0686. The van der Waals surface area contributed by atoms with Crippen LogP contribution in [0.3, 0.4) is 0 Å². The standard InChI is InChI=1S/C15H15NO4S2/c1-9-7-13(21-14(9)15(17)18)22(19,20)16-8-10(2)11-5-3-4-6-12(11)16/h3-7,10H,8H2,1-2H3,(H,17,18).